The van der Waals surface area contributed by atoms with Gasteiger partial charge in [0.1, 0.15) is 0 Å². The highest BCUT2D eigenvalue weighted by atomic mass is 16.5. The molecule has 0 aromatic carbocycles. The number of hydrogen-bond donors (Lipinski definition) is 1. The van der Waals surface area contributed by atoms with Gasteiger partial charge in [-0.15, -0.1) is 0 Å². The van der Waals surface area contributed by atoms with E-state index >= 15 is 0 Å². The van der Waals surface area contributed by atoms with Crippen molar-refractivity contribution in [2.45, 2.75) is 75.9 Å². The fourth-order valence-electron chi connectivity index (χ4n) is 3.88. The summed E-state index contributed by atoms with van der Waals surface area (Å²) in [6.07, 6.45) is 6.82. The second-order valence-electron chi connectivity index (χ2n) is 6.84. The van der Waals surface area contributed by atoms with Crippen LogP contribution in [0.25, 0.3) is 0 Å². The summed E-state index contributed by atoms with van der Waals surface area (Å²) in [5.74, 6) is 1.91. The molecule has 5 heteroatoms. The van der Waals surface area contributed by atoms with Gasteiger partial charge in [-0.05, 0) is 46.1 Å². The van der Waals surface area contributed by atoms with E-state index in [1.807, 2.05) is 6.92 Å². The SMILES string of the molecule is CCCC(C)(N)c1nc(C2CC3CCC(C2)N3C)no1. The molecule has 1 aromatic heterocycles. The standard InChI is InChI=1S/C15H26N4O/c1-4-7-15(2,16)14-17-13(18-20-14)10-8-11-5-6-12(9-10)19(11)3/h10-12H,4-9,16H2,1-3H3. The van der Waals surface area contributed by atoms with Crippen LogP contribution in [0.2, 0.25) is 0 Å². The number of aromatic nitrogens is 2. The van der Waals surface area contributed by atoms with Crippen molar-refractivity contribution in [3.8, 4) is 0 Å². The molecular weight excluding hydrogens is 252 g/mol. The van der Waals surface area contributed by atoms with Crippen molar-refractivity contribution < 1.29 is 4.52 Å². The van der Waals surface area contributed by atoms with E-state index in [1.54, 1.807) is 0 Å². The van der Waals surface area contributed by atoms with Gasteiger partial charge in [-0.25, -0.2) is 0 Å². The summed E-state index contributed by atoms with van der Waals surface area (Å²) in [5.41, 5.74) is 5.78. The van der Waals surface area contributed by atoms with Gasteiger partial charge in [-0.2, -0.15) is 4.98 Å². The summed E-state index contributed by atoms with van der Waals surface area (Å²) in [7, 11) is 2.25. The van der Waals surface area contributed by atoms with Crippen LogP contribution >= 0.6 is 0 Å². The van der Waals surface area contributed by atoms with Gasteiger partial charge in [0.25, 0.3) is 0 Å². The smallest absolute Gasteiger partial charge is 0.246 e. The molecule has 0 amide bonds. The van der Waals surface area contributed by atoms with Crippen molar-refractivity contribution >= 4 is 0 Å². The van der Waals surface area contributed by atoms with Crippen LogP contribution in [0.4, 0.5) is 0 Å². The van der Waals surface area contributed by atoms with Crippen molar-refractivity contribution in [1.82, 2.24) is 15.0 Å². The molecule has 0 spiro atoms. The lowest BCUT2D eigenvalue weighted by Gasteiger charge is -2.34. The number of hydrogen-bond acceptors (Lipinski definition) is 5. The van der Waals surface area contributed by atoms with Gasteiger partial charge < -0.3 is 15.2 Å². The molecule has 2 aliphatic heterocycles. The van der Waals surface area contributed by atoms with E-state index in [4.69, 9.17) is 10.3 Å². The number of nitrogens with two attached hydrogens (primary N) is 1. The molecule has 3 unspecified atom stereocenters. The Kier molecular flexibility index (Phi) is 3.58. The van der Waals surface area contributed by atoms with Crippen molar-refractivity contribution in [3.63, 3.8) is 0 Å². The molecule has 112 valence electrons. The molecule has 3 rings (SSSR count). The van der Waals surface area contributed by atoms with Gasteiger partial charge in [-0.1, -0.05) is 18.5 Å². The van der Waals surface area contributed by atoms with Crippen LogP contribution in [0.15, 0.2) is 4.52 Å². The van der Waals surface area contributed by atoms with Crippen LogP contribution in [-0.4, -0.2) is 34.2 Å². The molecule has 2 saturated heterocycles. The number of piperidine rings is 1. The number of rotatable bonds is 4. The zero-order chi connectivity index (χ0) is 14.3. The van der Waals surface area contributed by atoms with Gasteiger partial charge >= 0.3 is 0 Å². The van der Waals surface area contributed by atoms with E-state index in [-0.39, 0.29) is 0 Å². The lowest BCUT2D eigenvalue weighted by molar-refractivity contribution is 0.157. The second kappa shape index (κ2) is 5.11. The number of nitrogens with zero attached hydrogens (tertiary/aromatic N) is 3. The van der Waals surface area contributed by atoms with Gasteiger partial charge in [0.15, 0.2) is 5.82 Å². The molecule has 0 saturated carbocycles. The van der Waals surface area contributed by atoms with Crippen molar-refractivity contribution in [1.29, 1.82) is 0 Å². The summed E-state index contributed by atoms with van der Waals surface area (Å²) in [6, 6.07) is 1.39. The van der Waals surface area contributed by atoms with Crippen LogP contribution in [0.5, 0.6) is 0 Å². The second-order valence-corrected chi connectivity index (χ2v) is 6.84. The highest BCUT2D eigenvalue weighted by molar-refractivity contribution is 5.08. The third-order valence-corrected chi connectivity index (χ3v) is 5.16. The molecule has 0 radical (unpaired) electrons. The monoisotopic (exact) mass is 278 g/mol. The molecule has 3 atom stereocenters. The first-order chi connectivity index (χ1) is 9.51. The third kappa shape index (κ3) is 2.37. The highest BCUT2D eigenvalue weighted by Gasteiger charge is 2.41. The van der Waals surface area contributed by atoms with Crippen LogP contribution in [0.3, 0.4) is 0 Å². The minimum absolute atomic E-state index is 0.443. The average Bonchev–Trinajstić information content (AvgIpc) is 2.94. The molecule has 20 heavy (non-hydrogen) atoms. The first-order valence-corrected chi connectivity index (χ1v) is 7.86. The van der Waals surface area contributed by atoms with Gasteiger partial charge in [0, 0.05) is 18.0 Å². The summed E-state index contributed by atoms with van der Waals surface area (Å²) >= 11 is 0. The van der Waals surface area contributed by atoms with E-state index in [1.165, 1.54) is 12.8 Å². The predicted molar refractivity (Wildman–Crippen MR) is 77.3 cm³/mol. The Morgan fingerprint density at radius 1 is 1.35 bits per heavy atom. The molecule has 1 aromatic rings. The maximum absolute atomic E-state index is 6.28. The first-order valence-electron chi connectivity index (χ1n) is 7.86. The molecule has 2 fully saturated rings. The predicted octanol–water partition coefficient (Wildman–Crippen LogP) is 2.38. The van der Waals surface area contributed by atoms with Crippen LogP contribution in [0, 0.1) is 0 Å². The van der Waals surface area contributed by atoms with Crippen LogP contribution < -0.4 is 5.73 Å². The molecule has 2 bridgehead atoms. The molecule has 0 aliphatic carbocycles. The van der Waals surface area contributed by atoms with Crippen molar-refractivity contribution in [3.05, 3.63) is 11.7 Å². The molecular formula is C15H26N4O. The van der Waals surface area contributed by atoms with E-state index in [0.717, 1.165) is 31.5 Å². The normalized spacial score (nSPS) is 33.3. The summed E-state index contributed by atoms with van der Waals surface area (Å²) in [6.45, 7) is 4.10. The zero-order valence-electron chi connectivity index (χ0n) is 12.8. The Hall–Kier alpha value is -0.940. The average molecular weight is 278 g/mol. The maximum Gasteiger partial charge on any atom is 0.246 e. The van der Waals surface area contributed by atoms with Gasteiger partial charge in [0.05, 0.1) is 5.54 Å². The zero-order valence-corrected chi connectivity index (χ0v) is 12.8. The third-order valence-electron chi connectivity index (χ3n) is 5.16. The molecule has 2 aliphatic rings. The van der Waals surface area contributed by atoms with E-state index < -0.39 is 5.54 Å². The fraction of sp³-hybridized carbons (Fsp3) is 0.867. The van der Waals surface area contributed by atoms with Crippen LogP contribution in [-0.2, 0) is 5.54 Å². The summed E-state index contributed by atoms with van der Waals surface area (Å²) < 4.78 is 5.45. The van der Waals surface area contributed by atoms with Gasteiger partial charge in [-0.3, -0.25) is 0 Å². The molecule has 3 heterocycles. The quantitative estimate of drug-likeness (QED) is 0.916. The maximum atomic E-state index is 6.28. The highest BCUT2D eigenvalue weighted by Crippen LogP contribution is 2.41. The fourth-order valence-corrected chi connectivity index (χ4v) is 3.88. The minimum Gasteiger partial charge on any atom is -0.337 e. The summed E-state index contributed by atoms with van der Waals surface area (Å²) in [4.78, 5) is 7.15. The molecule has 2 N–H and O–H groups in total. The van der Waals surface area contributed by atoms with Crippen molar-refractivity contribution in [2.24, 2.45) is 5.73 Å². The van der Waals surface area contributed by atoms with E-state index in [9.17, 15) is 0 Å². The van der Waals surface area contributed by atoms with Gasteiger partial charge in [0.2, 0.25) is 5.89 Å². The Morgan fingerprint density at radius 3 is 2.60 bits per heavy atom. The van der Waals surface area contributed by atoms with E-state index in [0.29, 0.717) is 23.9 Å². The number of fused-ring (bicyclic) bond motifs is 2. The van der Waals surface area contributed by atoms with Crippen molar-refractivity contribution in [2.75, 3.05) is 7.05 Å². The topological polar surface area (TPSA) is 68.2 Å². The Morgan fingerprint density at radius 2 is 2.00 bits per heavy atom. The summed E-state index contributed by atoms with van der Waals surface area (Å²) in [5, 5.41) is 4.23. The first kappa shape index (κ1) is 14.0. The minimum atomic E-state index is -0.496. The Labute approximate surface area is 120 Å². The largest absolute Gasteiger partial charge is 0.337 e. The molecule has 5 nitrogen and oxygen atoms in total. The van der Waals surface area contributed by atoms with Crippen LogP contribution in [0.1, 0.15) is 70.0 Å². The Balaban J connectivity index is 1.75. The lowest BCUT2D eigenvalue weighted by Crippen LogP contribution is -2.39. The Bertz CT molecular complexity index is 456. The lowest BCUT2D eigenvalue weighted by atomic mass is 9.90. The van der Waals surface area contributed by atoms with E-state index in [2.05, 4.69) is 29.0 Å².